The highest BCUT2D eigenvalue weighted by Crippen LogP contribution is 2.42. The number of carbonyl (C=O) groups is 2. The predicted molar refractivity (Wildman–Crippen MR) is 120 cm³/mol. The average molecular weight is 431 g/mol. The SMILES string of the molecule is COc1ccc(CN2C(=O)Cc3ccccc3C(C(=O)O)C2c2ccccc2)c(OC)c1. The zero-order chi connectivity index (χ0) is 22.7. The Morgan fingerprint density at radius 3 is 2.41 bits per heavy atom. The van der Waals surface area contributed by atoms with Crippen molar-refractivity contribution >= 4 is 11.9 Å². The molecule has 0 spiro atoms. The zero-order valence-corrected chi connectivity index (χ0v) is 18.0. The van der Waals surface area contributed by atoms with E-state index in [0.717, 1.165) is 16.7 Å². The van der Waals surface area contributed by atoms with Gasteiger partial charge in [-0.05, 0) is 28.8 Å². The van der Waals surface area contributed by atoms with Crippen molar-refractivity contribution in [2.24, 2.45) is 0 Å². The first kappa shape index (κ1) is 21.4. The second-order valence-electron chi connectivity index (χ2n) is 7.75. The molecule has 6 nitrogen and oxygen atoms in total. The standard InChI is InChI=1S/C26H25NO5/c1-31-20-13-12-19(22(15-20)32-2)16-27-23(28)14-18-10-6-7-11-21(18)24(26(29)30)25(27)17-8-4-3-5-9-17/h3-13,15,24-25H,14,16H2,1-2H3,(H,29,30). The summed E-state index contributed by atoms with van der Waals surface area (Å²) in [6.07, 6.45) is 0.141. The number of rotatable bonds is 6. The summed E-state index contributed by atoms with van der Waals surface area (Å²) >= 11 is 0. The molecule has 2 unspecified atom stereocenters. The summed E-state index contributed by atoms with van der Waals surface area (Å²) in [4.78, 5) is 27.8. The smallest absolute Gasteiger partial charge is 0.313 e. The molecule has 1 aliphatic heterocycles. The molecule has 6 heteroatoms. The Morgan fingerprint density at radius 1 is 1.00 bits per heavy atom. The predicted octanol–water partition coefficient (Wildman–Crippen LogP) is 4.20. The van der Waals surface area contributed by atoms with E-state index >= 15 is 0 Å². The van der Waals surface area contributed by atoms with Crippen LogP contribution in [0.2, 0.25) is 0 Å². The second kappa shape index (κ2) is 9.14. The maximum absolute atomic E-state index is 13.5. The monoisotopic (exact) mass is 431 g/mol. The van der Waals surface area contributed by atoms with E-state index in [-0.39, 0.29) is 18.9 Å². The fourth-order valence-corrected chi connectivity index (χ4v) is 4.41. The minimum atomic E-state index is -0.965. The Labute approximate surface area is 187 Å². The number of aliphatic carboxylic acids is 1. The van der Waals surface area contributed by atoms with E-state index in [4.69, 9.17) is 9.47 Å². The van der Waals surface area contributed by atoms with Gasteiger partial charge in [0.15, 0.2) is 0 Å². The van der Waals surface area contributed by atoms with E-state index in [9.17, 15) is 14.7 Å². The van der Waals surface area contributed by atoms with Crippen molar-refractivity contribution in [3.05, 3.63) is 95.1 Å². The quantitative estimate of drug-likeness (QED) is 0.633. The van der Waals surface area contributed by atoms with Gasteiger partial charge in [-0.2, -0.15) is 0 Å². The molecule has 32 heavy (non-hydrogen) atoms. The van der Waals surface area contributed by atoms with Crippen LogP contribution in [0.4, 0.5) is 0 Å². The molecule has 0 radical (unpaired) electrons. The molecule has 0 saturated carbocycles. The zero-order valence-electron chi connectivity index (χ0n) is 18.0. The van der Waals surface area contributed by atoms with Crippen LogP contribution in [-0.4, -0.2) is 36.1 Å². The minimum absolute atomic E-state index is 0.132. The molecule has 0 bridgehead atoms. The van der Waals surface area contributed by atoms with Gasteiger partial charge in [0.25, 0.3) is 0 Å². The van der Waals surface area contributed by atoms with Crippen LogP contribution in [-0.2, 0) is 22.6 Å². The summed E-state index contributed by atoms with van der Waals surface area (Å²) in [7, 11) is 3.14. The number of benzene rings is 3. The molecule has 3 aromatic rings. The lowest BCUT2D eigenvalue weighted by Crippen LogP contribution is -2.38. The normalized spacial score (nSPS) is 17.9. The van der Waals surface area contributed by atoms with Gasteiger partial charge >= 0.3 is 5.97 Å². The van der Waals surface area contributed by atoms with Crippen molar-refractivity contribution in [1.29, 1.82) is 0 Å². The van der Waals surface area contributed by atoms with Crippen LogP contribution < -0.4 is 9.47 Å². The van der Waals surface area contributed by atoms with Crippen LogP contribution >= 0.6 is 0 Å². The third-order valence-corrected chi connectivity index (χ3v) is 5.95. The maximum atomic E-state index is 13.5. The molecule has 0 aromatic heterocycles. The number of hydrogen-bond acceptors (Lipinski definition) is 4. The number of carboxylic acids is 1. The Balaban J connectivity index is 1.86. The number of nitrogens with zero attached hydrogens (tertiary/aromatic N) is 1. The molecule has 0 fully saturated rings. The van der Waals surface area contributed by atoms with Crippen LogP contribution in [0.1, 0.15) is 34.2 Å². The number of carboxylic acid groups (broad SMARTS) is 1. The van der Waals surface area contributed by atoms with Crippen molar-refractivity contribution < 1.29 is 24.2 Å². The third kappa shape index (κ3) is 4.04. The van der Waals surface area contributed by atoms with Crippen LogP contribution in [0, 0.1) is 0 Å². The molecule has 0 aliphatic carbocycles. The minimum Gasteiger partial charge on any atom is -0.497 e. The van der Waals surface area contributed by atoms with Gasteiger partial charge in [-0.3, -0.25) is 9.59 Å². The van der Waals surface area contributed by atoms with Crippen molar-refractivity contribution in [1.82, 2.24) is 4.90 Å². The number of fused-ring (bicyclic) bond motifs is 1. The Hall–Kier alpha value is -3.80. The van der Waals surface area contributed by atoms with Gasteiger partial charge in [0.1, 0.15) is 17.4 Å². The lowest BCUT2D eigenvalue weighted by molar-refractivity contribution is -0.143. The van der Waals surface area contributed by atoms with Crippen LogP contribution in [0.3, 0.4) is 0 Å². The van der Waals surface area contributed by atoms with Crippen molar-refractivity contribution in [3.63, 3.8) is 0 Å². The Kier molecular flexibility index (Phi) is 6.12. The van der Waals surface area contributed by atoms with Crippen molar-refractivity contribution in [3.8, 4) is 11.5 Å². The topological polar surface area (TPSA) is 76.1 Å². The molecule has 0 saturated heterocycles. The van der Waals surface area contributed by atoms with E-state index < -0.39 is 17.9 Å². The summed E-state index contributed by atoms with van der Waals surface area (Å²) in [6, 6.07) is 21.4. The van der Waals surface area contributed by atoms with E-state index in [0.29, 0.717) is 17.1 Å². The number of amides is 1. The highest BCUT2D eigenvalue weighted by atomic mass is 16.5. The van der Waals surface area contributed by atoms with E-state index in [1.54, 1.807) is 31.3 Å². The summed E-state index contributed by atoms with van der Waals surface area (Å²) in [6.45, 7) is 0.212. The van der Waals surface area contributed by atoms with Crippen LogP contribution in [0.25, 0.3) is 0 Å². The molecule has 2 atom stereocenters. The Bertz CT molecular complexity index is 1130. The first-order valence-corrected chi connectivity index (χ1v) is 10.4. The van der Waals surface area contributed by atoms with E-state index in [1.165, 1.54) is 0 Å². The highest BCUT2D eigenvalue weighted by Gasteiger charge is 2.41. The molecule has 1 aliphatic rings. The first-order valence-electron chi connectivity index (χ1n) is 10.4. The number of methoxy groups -OCH3 is 2. The summed E-state index contributed by atoms with van der Waals surface area (Å²) in [5, 5.41) is 10.3. The molecule has 164 valence electrons. The van der Waals surface area contributed by atoms with Crippen molar-refractivity contribution in [2.75, 3.05) is 14.2 Å². The molecule has 1 N–H and O–H groups in total. The highest BCUT2D eigenvalue weighted by molar-refractivity contribution is 5.86. The van der Waals surface area contributed by atoms with Gasteiger partial charge < -0.3 is 19.5 Å². The van der Waals surface area contributed by atoms with Crippen molar-refractivity contribution in [2.45, 2.75) is 24.9 Å². The van der Waals surface area contributed by atoms with Gasteiger partial charge in [-0.25, -0.2) is 0 Å². The summed E-state index contributed by atoms with van der Waals surface area (Å²) in [5.41, 5.74) is 2.97. The third-order valence-electron chi connectivity index (χ3n) is 5.95. The van der Waals surface area contributed by atoms with Gasteiger partial charge in [0.2, 0.25) is 5.91 Å². The largest absolute Gasteiger partial charge is 0.497 e. The molecular formula is C26H25NO5. The average Bonchev–Trinajstić information content (AvgIpc) is 2.94. The molecular weight excluding hydrogens is 406 g/mol. The fraction of sp³-hybridized carbons (Fsp3) is 0.231. The Morgan fingerprint density at radius 2 is 1.72 bits per heavy atom. The molecule has 1 heterocycles. The van der Waals surface area contributed by atoms with Gasteiger partial charge in [-0.15, -0.1) is 0 Å². The first-order chi connectivity index (χ1) is 15.5. The van der Waals surface area contributed by atoms with E-state index in [1.807, 2.05) is 60.7 Å². The molecule has 3 aromatic carbocycles. The number of hydrogen-bond donors (Lipinski definition) is 1. The summed E-state index contributed by atoms with van der Waals surface area (Å²) in [5.74, 6) is -0.772. The lowest BCUT2D eigenvalue weighted by Gasteiger charge is -2.34. The van der Waals surface area contributed by atoms with E-state index in [2.05, 4.69) is 0 Å². The fourth-order valence-electron chi connectivity index (χ4n) is 4.41. The maximum Gasteiger partial charge on any atom is 0.313 e. The lowest BCUT2D eigenvalue weighted by atomic mass is 9.84. The van der Waals surface area contributed by atoms with Gasteiger partial charge in [0, 0.05) is 18.2 Å². The number of ether oxygens (including phenoxy) is 2. The summed E-state index contributed by atoms with van der Waals surface area (Å²) < 4.78 is 10.8. The van der Waals surface area contributed by atoms with Crippen LogP contribution in [0.15, 0.2) is 72.8 Å². The van der Waals surface area contributed by atoms with Gasteiger partial charge in [-0.1, -0.05) is 54.6 Å². The second-order valence-corrected chi connectivity index (χ2v) is 7.75. The van der Waals surface area contributed by atoms with Gasteiger partial charge in [0.05, 0.1) is 26.7 Å². The number of carbonyl (C=O) groups excluding carboxylic acids is 1. The molecule has 4 rings (SSSR count). The molecule has 1 amide bonds. The van der Waals surface area contributed by atoms with Crippen LogP contribution in [0.5, 0.6) is 11.5 Å².